The van der Waals surface area contributed by atoms with E-state index in [1.54, 1.807) is 25.1 Å². The van der Waals surface area contributed by atoms with Crippen molar-refractivity contribution in [2.75, 3.05) is 6.61 Å². The summed E-state index contributed by atoms with van der Waals surface area (Å²) in [5.41, 5.74) is 2.12. The quantitative estimate of drug-likeness (QED) is 0.303. The first kappa shape index (κ1) is 20.3. The normalized spacial score (nSPS) is 10.8. The minimum Gasteiger partial charge on any atom is -0.462 e. The Hall–Kier alpha value is -3.93. The van der Waals surface area contributed by atoms with Crippen molar-refractivity contribution in [3.05, 3.63) is 89.7 Å². The molecule has 0 fully saturated rings. The van der Waals surface area contributed by atoms with Crippen LogP contribution in [0.15, 0.2) is 77.2 Å². The van der Waals surface area contributed by atoms with Crippen LogP contribution < -0.4 is 4.74 Å². The number of ether oxygens (including phenoxy) is 2. The van der Waals surface area contributed by atoms with Crippen LogP contribution >= 0.6 is 0 Å². The molecule has 0 aliphatic rings. The van der Waals surface area contributed by atoms with Crippen LogP contribution in [0.3, 0.4) is 0 Å². The van der Waals surface area contributed by atoms with E-state index in [1.165, 1.54) is 24.3 Å². The summed E-state index contributed by atoms with van der Waals surface area (Å²) in [7, 11) is 0. The van der Waals surface area contributed by atoms with E-state index >= 15 is 0 Å². The van der Waals surface area contributed by atoms with Gasteiger partial charge in [-0.15, -0.1) is 0 Å². The maximum absolute atomic E-state index is 13.0. The number of halogens is 1. The molecule has 156 valence electrons. The van der Waals surface area contributed by atoms with Crippen LogP contribution in [-0.4, -0.2) is 18.5 Å². The average Bonchev–Trinajstić information content (AvgIpc) is 3.15. The van der Waals surface area contributed by atoms with Crippen molar-refractivity contribution in [2.45, 2.75) is 13.3 Å². The highest BCUT2D eigenvalue weighted by Gasteiger charge is 2.24. The Morgan fingerprint density at radius 2 is 1.71 bits per heavy atom. The van der Waals surface area contributed by atoms with Gasteiger partial charge in [0.25, 0.3) is 0 Å². The predicted molar refractivity (Wildman–Crippen MR) is 113 cm³/mol. The molecule has 0 atom stereocenters. The van der Waals surface area contributed by atoms with E-state index in [-0.39, 0.29) is 30.2 Å². The standard InChI is InChI=1S/C25H19FO5/c1-2-29-25(28)23-20-15-19(30-22(27)14-16-8-10-18(26)11-9-16)12-13-21(20)31-24(23)17-6-4-3-5-7-17/h3-13,15H,2,14H2,1H3. The molecule has 5 nitrogen and oxygen atoms in total. The zero-order valence-corrected chi connectivity index (χ0v) is 16.8. The lowest BCUT2D eigenvalue weighted by Crippen LogP contribution is -2.11. The molecule has 0 spiro atoms. The van der Waals surface area contributed by atoms with Gasteiger partial charge in [0.05, 0.1) is 13.0 Å². The third kappa shape index (κ3) is 4.48. The zero-order chi connectivity index (χ0) is 21.8. The Labute approximate surface area is 178 Å². The highest BCUT2D eigenvalue weighted by molar-refractivity contribution is 6.09. The SMILES string of the molecule is CCOC(=O)c1c(-c2ccccc2)oc2ccc(OC(=O)Cc3ccc(F)cc3)cc12. The summed E-state index contributed by atoms with van der Waals surface area (Å²) in [6.07, 6.45) is -0.0102. The Morgan fingerprint density at radius 3 is 2.42 bits per heavy atom. The number of carbonyl (C=O) groups excluding carboxylic acids is 2. The van der Waals surface area contributed by atoms with E-state index in [1.807, 2.05) is 30.3 Å². The van der Waals surface area contributed by atoms with Crippen LogP contribution in [0.5, 0.6) is 5.75 Å². The largest absolute Gasteiger partial charge is 0.462 e. The van der Waals surface area contributed by atoms with Crippen molar-refractivity contribution < 1.29 is 27.9 Å². The molecule has 0 radical (unpaired) electrons. The molecule has 1 heterocycles. The molecule has 3 aromatic carbocycles. The molecule has 0 amide bonds. The summed E-state index contributed by atoms with van der Waals surface area (Å²) in [6, 6.07) is 19.7. The molecule has 0 unspecified atom stereocenters. The monoisotopic (exact) mass is 418 g/mol. The zero-order valence-electron chi connectivity index (χ0n) is 16.8. The Balaban J connectivity index is 1.67. The number of hydrogen-bond donors (Lipinski definition) is 0. The number of carbonyl (C=O) groups is 2. The van der Waals surface area contributed by atoms with Crippen molar-refractivity contribution in [3.8, 4) is 17.1 Å². The summed E-state index contributed by atoms with van der Waals surface area (Å²) in [5.74, 6) is -0.733. The first-order chi connectivity index (χ1) is 15.0. The smallest absolute Gasteiger partial charge is 0.342 e. The van der Waals surface area contributed by atoms with E-state index in [0.29, 0.717) is 22.3 Å². The van der Waals surface area contributed by atoms with Gasteiger partial charge in [-0.2, -0.15) is 0 Å². The van der Waals surface area contributed by atoms with Gasteiger partial charge < -0.3 is 13.9 Å². The molecule has 0 saturated carbocycles. The topological polar surface area (TPSA) is 65.7 Å². The van der Waals surface area contributed by atoms with Gasteiger partial charge in [-0.25, -0.2) is 9.18 Å². The minimum atomic E-state index is -0.519. The first-order valence-corrected chi connectivity index (χ1v) is 9.79. The van der Waals surface area contributed by atoms with Gasteiger partial charge in [-0.3, -0.25) is 4.79 Å². The van der Waals surface area contributed by atoms with Crippen LogP contribution in [0.25, 0.3) is 22.3 Å². The average molecular weight is 418 g/mol. The lowest BCUT2D eigenvalue weighted by Gasteiger charge is -2.06. The van der Waals surface area contributed by atoms with Crippen LogP contribution in [-0.2, 0) is 16.0 Å². The second kappa shape index (κ2) is 8.83. The van der Waals surface area contributed by atoms with E-state index in [4.69, 9.17) is 13.9 Å². The van der Waals surface area contributed by atoms with Crippen LogP contribution in [0.4, 0.5) is 4.39 Å². The lowest BCUT2D eigenvalue weighted by molar-refractivity contribution is -0.133. The fourth-order valence-corrected chi connectivity index (χ4v) is 3.28. The van der Waals surface area contributed by atoms with Crippen LogP contribution in [0, 0.1) is 5.82 Å². The van der Waals surface area contributed by atoms with Gasteiger partial charge in [0.2, 0.25) is 0 Å². The number of esters is 2. The third-order valence-electron chi connectivity index (χ3n) is 4.67. The predicted octanol–water partition coefficient (Wildman–Crippen LogP) is 5.56. The summed E-state index contributed by atoms with van der Waals surface area (Å²) in [5, 5.41) is 0.490. The molecular formula is C25H19FO5. The van der Waals surface area contributed by atoms with Gasteiger partial charge in [-0.1, -0.05) is 42.5 Å². The van der Waals surface area contributed by atoms with E-state index in [2.05, 4.69) is 0 Å². The molecule has 4 aromatic rings. The van der Waals surface area contributed by atoms with Gasteiger partial charge in [0, 0.05) is 10.9 Å². The molecule has 4 rings (SSSR count). The van der Waals surface area contributed by atoms with Crippen molar-refractivity contribution in [1.29, 1.82) is 0 Å². The lowest BCUT2D eigenvalue weighted by atomic mass is 10.1. The van der Waals surface area contributed by atoms with E-state index < -0.39 is 11.9 Å². The Bertz CT molecular complexity index is 1230. The van der Waals surface area contributed by atoms with Crippen LogP contribution in [0.2, 0.25) is 0 Å². The second-order valence-corrected chi connectivity index (χ2v) is 6.83. The van der Waals surface area contributed by atoms with Gasteiger partial charge in [-0.05, 0) is 42.8 Å². The van der Waals surface area contributed by atoms with Crippen molar-refractivity contribution in [3.63, 3.8) is 0 Å². The molecule has 0 aliphatic heterocycles. The Kier molecular flexibility index (Phi) is 5.80. The first-order valence-electron chi connectivity index (χ1n) is 9.79. The summed E-state index contributed by atoms with van der Waals surface area (Å²) < 4.78 is 29.7. The van der Waals surface area contributed by atoms with Crippen molar-refractivity contribution in [2.24, 2.45) is 0 Å². The maximum Gasteiger partial charge on any atom is 0.342 e. The van der Waals surface area contributed by atoms with Gasteiger partial charge in [0.15, 0.2) is 0 Å². The van der Waals surface area contributed by atoms with Crippen LogP contribution in [0.1, 0.15) is 22.8 Å². The Morgan fingerprint density at radius 1 is 0.968 bits per heavy atom. The fraction of sp³-hybridized carbons (Fsp3) is 0.120. The van der Waals surface area contributed by atoms with Gasteiger partial charge >= 0.3 is 11.9 Å². The molecular weight excluding hydrogens is 399 g/mol. The fourth-order valence-electron chi connectivity index (χ4n) is 3.28. The molecule has 31 heavy (non-hydrogen) atoms. The maximum atomic E-state index is 13.0. The highest BCUT2D eigenvalue weighted by atomic mass is 19.1. The number of benzene rings is 3. The third-order valence-corrected chi connectivity index (χ3v) is 4.67. The number of fused-ring (bicyclic) bond motifs is 1. The number of rotatable bonds is 6. The highest BCUT2D eigenvalue weighted by Crippen LogP contribution is 2.36. The number of hydrogen-bond acceptors (Lipinski definition) is 5. The molecule has 0 aliphatic carbocycles. The summed E-state index contributed by atoms with van der Waals surface area (Å²) in [6.45, 7) is 1.94. The molecule has 6 heteroatoms. The molecule has 0 saturated heterocycles. The van der Waals surface area contributed by atoms with Crippen molar-refractivity contribution in [1.82, 2.24) is 0 Å². The molecule has 1 aromatic heterocycles. The molecule has 0 bridgehead atoms. The minimum absolute atomic E-state index is 0.0102. The second-order valence-electron chi connectivity index (χ2n) is 6.83. The van der Waals surface area contributed by atoms with E-state index in [0.717, 1.165) is 5.56 Å². The summed E-state index contributed by atoms with van der Waals surface area (Å²) in [4.78, 5) is 25.0. The van der Waals surface area contributed by atoms with Gasteiger partial charge in [0.1, 0.15) is 28.5 Å². The van der Waals surface area contributed by atoms with Crippen molar-refractivity contribution >= 4 is 22.9 Å². The number of furan rings is 1. The summed E-state index contributed by atoms with van der Waals surface area (Å²) >= 11 is 0. The van der Waals surface area contributed by atoms with E-state index in [9.17, 15) is 14.0 Å². The molecule has 0 N–H and O–H groups in total.